The molecule has 0 saturated heterocycles. The molecule has 0 aliphatic heterocycles. The maximum Gasteiger partial charge on any atom is 0.313 e. The number of anilines is 1. The molecule has 0 fully saturated rings. The van der Waals surface area contributed by atoms with E-state index >= 15 is 0 Å². The largest absolute Gasteiger partial charge is 0.382 e. The van der Waals surface area contributed by atoms with Gasteiger partial charge in [-0.05, 0) is 19.9 Å². The van der Waals surface area contributed by atoms with Crippen LogP contribution in [0.5, 0.6) is 0 Å². The van der Waals surface area contributed by atoms with Gasteiger partial charge in [0.15, 0.2) is 0 Å². The lowest BCUT2D eigenvalue weighted by molar-refractivity contribution is -0.384. The van der Waals surface area contributed by atoms with E-state index in [1.807, 2.05) is 0 Å². The molecule has 5 heteroatoms. The van der Waals surface area contributed by atoms with E-state index in [2.05, 4.69) is 10.3 Å². The van der Waals surface area contributed by atoms with E-state index in [9.17, 15) is 10.1 Å². The van der Waals surface area contributed by atoms with Crippen molar-refractivity contribution in [2.24, 2.45) is 0 Å². The summed E-state index contributed by atoms with van der Waals surface area (Å²) >= 11 is 0. The first-order valence-electron chi connectivity index (χ1n) is 3.86. The van der Waals surface area contributed by atoms with Crippen LogP contribution in [0.25, 0.3) is 0 Å². The highest BCUT2D eigenvalue weighted by Gasteiger charge is 2.17. The van der Waals surface area contributed by atoms with Gasteiger partial charge >= 0.3 is 5.69 Å². The quantitative estimate of drug-likeness (QED) is 0.556. The maximum absolute atomic E-state index is 10.6. The lowest BCUT2D eigenvalue weighted by Gasteiger charge is -2.04. The Hall–Kier alpha value is -1.65. The zero-order valence-electron chi connectivity index (χ0n) is 7.79. The molecule has 0 bridgehead atoms. The molecular weight excluding hydrogens is 170 g/mol. The predicted octanol–water partition coefficient (Wildman–Crippen LogP) is 1.65. The Balaban J connectivity index is 3.38. The van der Waals surface area contributed by atoms with Gasteiger partial charge in [-0.2, -0.15) is 0 Å². The third kappa shape index (κ3) is 1.74. The highest BCUT2D eigenvalue weighted by atomic mass is 16.6. The molecule has 1 heterocycles. The molecule has 1 N–H and O–H groups in total. The van der Waals surface area contributed by atoms with Crippen LogP contribution in [-0.4, -0.2) is 17.0 Å². The van der Waals surface area contributed by atoms with Crippen LogP contribution >= 0.6 is 0 Å². The first kappa shape index (κ1) is 9.44. The molecule has 0 radical (unpaired) electrons. The summed E-state index contributed by atoms with van der Waals surface area (Å²) in [5, 5.41) is 13.4. The SMILES string of the molecule is CNc1cc(C)nc(C)c1[N+](=O)[O-]. The number of nitrogens with zero attached hydrogens (tertiary/aromatic N) is 2. The Kier molecular flexibility index (Phi) is 2.46. The van der Waals surface area contributed by atoms with E-state index in [-0.39, 0.29) is 5.69 Å². The number of rotatable bonds is 2. The molecule has 0 unspecified atom stereocenters. The molecule has 0 aliphatic carbocycles. The fraction of sp³-hybridized carbons (Fsp3) is 0.375. The summed E-state index contributed by atoms with van der Waals surface area (Å²) in [4.78, 5) is 14.2. The molecule has 13 heavy (non-hydrogen) atoms. The molecule has 0 aliphatic rings. The van der Waals surface area contributed by atoms with E-state index in [4.69, 9.17) is 0 Å². The third-order valence-electron chi connectivity index (χ3n) is 1.75. The molecule has 0 amide bonds. The summed E-state index contributed by atoms with van der Waals surface area (Å²) in [5.41, 5.74) is 1.77. The molecular formula is C8H11N3O2. The molecule has 1 aromatic heterocycles. The number of nitrogens with one attached hydrogen (secondary N) is 1. The molecule has 70 valence electrons. The van der Waals surface area contributed by atoms with E-state index in [1.54, 1.807) is 27.0 Å². The zero-order chi connectivity index (χ0) is 10.0. The molecule has 0 atom stereocenters. The lowest BCUT2D eigenvalue weighted by Crippen LogP contribution is -2.01. The van der Waals surface area contributed by atoms with Crippen LogP contribution in [0.2, 0.25) is 0 Å². The van der Waals surface area contributed by atoms with E-state index in [0.717, 1.165) is 5.69 Å². The highest BCUT2D eigenvalue weighted by molar-refractivity contribution is 5.63. The van der Waals surface area contributed by atoms with Gasteiger partial charge in [-0.1, -0.05) is 0 Å². The molecule has 1 rings (SSSR count). The summed E-state index contributed by atoms with van der Waals surface area (Å²) in [5.74, 6) is 0. The Morgan fingerprint density at radius 3 is 2.62 bits per heavy atom. The molecule has 0 aromatic carbocycles. The Bertz CT molecular complexity index is 349. The minimum absolute atomic E-state index is 0.0492. The normalized spacial score (nSPS) is 9.77. The summed E-state index contributed by atoms with van der Waals surface area (Å²) in [6, 6.07) is 1.66. The number of pyridine rings is 1. The topological polar surface area (TPSA) is 68.1 Å². The van der Waals surface area contributed by atoms with Crippen LogP contribution in [0, 0.1) is 24.0 Å². The standard InChI is InChI=1S/C8H11N3O2/c1-5-4-7(9-3)8(11(12)13)6(2)10-5/h4H,1-3H3,(H,9,10). The summed E-state index contributed by atoms with van der Waals surface area (Å²) < 4.78 is 0. The third-order valence-corrected chi connectivity index (χ3v) is 1.75. The van der Waals surface area contributed by atoms with Crippen molar-refractivity contribution in [2.75, 3.05) is 12.4 Å². The van der Waals surface area contributed by atoms with E-state index < -0.39 is 4.92 Å². The first-order chi connectivity index (χ1) is 6.06. The van der Waals surface area contributed by atoms with Gasteiger partial charge in [0.1, 0.15) is 11.4 Å². The minimum atomic E-state index is -0.423. The number of aryl methyl sites for hydroxylation is 2. The van der Waals surface area contributed by atoms with Gasteiger partial charge in [0, 0.05) is 12.7 Å². The second-order valence-corrected chi connectivity index (χ2v) is 2.75. The molecule has 0 spiro atoms. The van der Waals surface area contributed by atoms with Crippen molar-refractivity contribution in [1.29, 1.82) is 0 Å². The fourth-order valence-electron chi connectivity index (χ4n) is 1.24. The smallest absolute Gasteiger partial charge is 0.313 e. The second-order valence-electron chi connectivity index (χ2n) is 2.75. The summed E-state index contributed by atoms with van der Waals surface area (Å²) in [6.45, 7) is 3.43. The van der Waals surface area contributed by atoms with Crippen LogP contribution in [-0.2, 0) is 0 Å². The van der Waals surface area contributed by atoms with Gasteiger partial charge in [0.2, 0.25) is 0 Å². The Labute approximate surface area is 75.9 Å². The van der Waals surface area contributed by atoms with Crippen LogP contribution < -0.4 is 5.32 Å². The average Bonchev–Trinajstić information content (AvgIpc) is 2.01. The van der Waals surface area contributed by atoms with Crippen molar-refractivity contribution in [1.82, 2.24) is 4.98 Å². The Morgan fingerprint density at radius 2 is 2.15 bits per heavy atom. The number of hydrogen-bond donors (Lipinski definition) is 1. The van der Waals surface area contributed by atoms with Crippen LogP contribution in [0.4, 0.5) is 11.4 Å². The van der Waals surface area contributed by atoms with E-state index in [0.29, 0.717) is 11.4 Å². The van der Waals surface area contributed by atoms with Crippen molar-refractivity contribution >= 4 is 11.4 Å². The van der Waals surface area contributed by atoms with Crippen LogP contribution in [0.1, 0.15) is 11.4 Å². The van der Waals surface area contributed by atoms with E-state index in [1.165, 1.54) is 0 Å². The lowest BCUT2D eigenvalue weighted by atomic mass is 10.2. The van der Waals surface area contributed by atoms with Crippen molar-refractivity contribution in [3.05, 3.63) is 27.6 Å². The maximum atomic E-state index is 10.6. The molecule has 0 saturated carbocycles. The molecule has 1 aromatic rings. The van der Waals surface area contributed by atoms with Gasteiger partial charge in [-0.15, -0.1) is 0 Å². The Morgan fingerprint density at radius 1 is 1.54 bits per heavy atom. The van der Waals surface area contributed by atoms with Gasteiger partial charge < -0.3 is 5.32 Å². The van der Waals surface area contributed by atoms with Gasteiger partial charge in [-0.3, -0.25) is 15.1 Å². The van der Waals surface area contributed by atoms with Crippen LogP contribution in [0.15, 0.2) is 6.07 Å². The van der Waals surface area contributed by atoms with Crippen molar-refractivity contribution in [2.45, 2.75) is 13.8 Å². The molecule has 5 nitrogen and oxygen atoms in total. The van der Waals surface area contributed by atoms with Gasteiger partial charge in [0.25, 0.3) is 0 Å². The van der Waals surface area contributed by atoms with Crippen molar-refractivity contribution < 1.29 is 4.92 Å². The minimum Gasteiger partial charge on any atom is -0.382 e. The summed E-state index contributed by atoms with van der Waals surface area (Å²) in [7, 11) is 1.65. The van der Waals surface area contributed by atoms with Crippen molar-refractivity contribution in [3.63, 3.8) is 0 Å². The first-order valence-corrected chi connectivity index (χ1v) is 3.86. The fourth-order valence-corrected chi connectivity index (χ4v) is 1.24. The average molecular weight is 181 g/mol. The zero-order valence-corrected chi connectivity index (χ0v) is 7.79. The van der Waals surface area contributed by atoms with Crippen molar-refractivity contribution in [3.8, 4) is 0 Å². The summed E-state index contributed by atoms with van der Waals surface area (Å²) in [6.07, 6.45) is 0. The van der Waals surface area contributed by atoms with Gasteiger partial charge in [-0.25, -0.2) is 0 Å². The number of aromatic nitrogens is 1. The second kappa shape index (κ2) is 3.38. The number of hydrogen-bond acceptors (Lipinski definition) is 4. The predicted molar refractivity (Wildman–Crippen MR) is 49.9 cm³/mol. The van der Waals surface area contributed by atoms with Crippen LogP contribution in [0.3, 0.4) is 0 Å². The highest BCUT2D eigenvalue weighted by Crippen LogP contribution is 2.26. The van der Waals surface area contributed by atoms with Gasteiger partial charge in [0.05, 0.1) is 4.92 Å². The number of nitro groups is 1. The monoisotopic (exact) mass is 181 g/mol.